The number of piperidine rings is 1. The van der Waals surface area contributed by atoms with Crippen LogP contribution >= 0.6 is 28.1 Å². The molecular weight excluding hydrogens is 336 g/mol. The predicted molar refractivity (Wildman–Crippen MR) is 88.2 cm³/mol. The summed E-state index contributed by atoms with van der Waals surface area (Å²) in [6.45, 7) is 2.71. The number of hydrogen-bond donors (Lipinski definition) is 1. The third-order valence-corrected chi connectivity index (χ3v) is 4.87. The standard InChI is InChI=1S/C15H19BrN2OS/c16-12-7-10-4-6-19-14(10)11(8-12)9-18-5-2-1-3-13(18)15(17)20/h7-8,13H,1-6,9H2,(H2,17,20). The van der Waals surface area contributed by atoms with Crippen molar-refractivity contribution in [2.75, 3.05) is 13.2 Å². The zero-order valence-electron chi connectivity index (χ0n) is 11.4. The number of halogens is 1. The van der Waals surface area contributed by atoms with Gasteiger partial charge in [0.15, 0.2) is 0 Å². The first-order chi connectivity index (χ1) is 9.65. The Labute approximate surface area is 133 Å². The number of nitrogens with two attached hydrogens (primary N) is 1. The van der Waals surface area contributed by atoms with Crippen molar-refractivity contribution in [1.29, 1.82) is 0 Å². The van der Waals surface area contributed by atoms with E-state index in [4.69, 9.17) is 22.7 Å². The molecule has 108 valence electrons. The van der Waals surface area contributed by atoms with Gasteiger partial charge in [0.25, 0.3) is 0 Å². The number of ether oxygens (including phenoxy) is 1. The Bertz CT molecular complexity index is 535. The Balaban J connectivity index is 1.85. The lowest BCUT2D eigenvalue weighted by Crippen LogP contribution is -2.46. The minimum Gasteiger partial charge on any atom is -0.493 e. The maximum atomic E-state index is 5.90. The largest absolute Gasteiger partial charge is 0.493 e. The van der Waals surface area contributed by atoms with E-state index >= 15 is 0 Å². The minimum atomic E-state index is 0.231. The molecule has 3 nitrogen and oxygen atoms in total. The molecule has 0 bridgehead atoms. The summed E-state index contributed by atoms with van der Waals surface area (Å²) >= 11 is 8.83. The van der Waals surface area contributed by atoms with Gasteiger partial charge in [0, 0.05) is 23.0 Å². The van der Waals surface area contributed by atoms with Crippen LogP contribution in [0.1, 0.15) is 30.4 Å². The number of benzene rings is 1. The van der Waals surface area contributed by atoms with E-state index < -0.39 is 0 Å². The van der Waals surface area contributed by atoms with Crippen molar-refractivity contribution >= 4 is 33.1 Å². The van der Waals surface area contributed by atoms with E-state index in [1.807, 2.05) is 0 Å². The van der Waals surface area contributed by atoms with Gasteiger partial charge in [-0.15, -0.1) is 0 Å². The van der Waals surface area contributed by atoms with Gasteiger partial charge in [0.1, 0.15) is 5.75 Å². The van der Waals surface area contributed by atoms with Crippen molar-refractivity contribution < 1.29 is 4.74 Å². The lowest BCUT2D eigenvalue weighted by Gasteiger charge is -2.35. The summed E-state index contributed by atoms with van der Waals surface area (Å²) in [7, 11) is 0. The van der Waals surface area contributed by atoms with Crippen LogP contribution in [-0.4, -0.2) is 29.1 Å². The fourth-order valence-electron chi connectivity index (χ4n) is 3.18. The molecule has 3 rings (SSSR count). The molecule has 1 unspecified atom stereocenters. The van der Waals surface area contributed by atoms with Crippen LogP contribution in [0.5, 0.6) is 5.75 Å². The summed E-state index contributed by atoms with van der Waals surface area (Å²) in [5.74, 6) is 1.07. The Kier molecular flexibility index (Phi) is 4.29. The SMILES string of the molecule is NC(=S)C1CCCCN1Cc1cc(Br)cc2c1OCC2. The maximum absolute atomic E-state index is 5.90. The van der Waals surface area contributed by atoms with Crippen LogP contribution in [0, 0.1) is 0 Å². The molecule has 5 heteroatoms. The highest BCUT2D eigenvalue weighted by Gasteiger charge is 2.27. The molecule has 20 heavy (non-hydrogen) atoms. The minimum absolute atomic E-state index is 0.231. The third kappa shape index (κ3) is 2.85. The number of hydrogen-bond acceptors (Lipinski definition) is 3. The first-order valence-electron chi connectivity index (χ1n) is 7.12. The van der Waals surface area contributed by atoms with Crippen LogP contribution in [0.15, 0.2) is 16.6 Å². The molecule has 2 aliphatic heterocycles. The van der Waals surface area contributed by atoms with E-state index in [1.54, 1.807) is 0 Å². The van der Waals surface area contributed by atoms with Crippen molar-refractivity contribution in [3.8, 4) is 5.75 Å². The van der Waals surface area contributed by atoms with Crippen molar-refractivity contribution in [2.45, 2.75) is 38.3 Å². The highest BCUT2D eigenvalue weighted by atomic mass is 79.9. The normalized spacial score (nSPS) is 22.4. The van der Waals surface area contributed by atoms with E-state index in [2.05, 4.69) is 33.0 Å². The van der Waals surface area contributed by atoms with Crippen LogP contribution < -0.4 is 10.5 Å². The number of fused-ring (bicyclic) bond motifs is 1. The molecule has 2 N–H and O–H groups in total. The first kappa shape index (κ1) is 14.3. The molecule has 0 saturated carbocycles. The second kappa shape index (κ2) is 6.00. The maximum Gasteiger partial charge on any atom is 0.127 e. The van der Waals surface area contributed by atoms with Crippen LogP contribution in [0.25, 0.3) is 0 Å². The fraction of sp³-hybridized carbons (Fsp3) is 0.533. The van der Waals surface area contributed by atoms with E-state index in [1.165, 1.54) is 24.0 Å². The van der Waals surface area contributed by atoms with Gasteiger partial charge in [-0.2, -0.15) is 0 Å². The monoisotopic (exact) mass is 354 g/mol. The van der Waals surface area contributed by atoms with Gasteiger partial charge < -0.3 is 10.5 Å². The summed E-state index contributed by atoms with van der Waals surface area (Å²) in [4.78, 5) is 3.02. The first-order valence-corrected chi connectivity index (χ1v) is 8.33. The summed E-state index contributed by atoms with van der Waals surface area (Å²) < 4.78 is 6.94. The Morgan fingerprint density at radius 1 is 1.45 bits per heavy atom. The molecule has 2 aliphatic rings. The summed E-state index contributed by atoms with van der Waals surface area (Å²) in [6.07, 6.45) is 4.51. The average Bonchev–Trinajstić information content (AvgIpc) is 2.87. The van der Waals surface area contributed by atoms with Crippen molar-refractivity contribution in [3.63, 3.8) is 0 Å². The number of likely N-dealkylation sites (tertiary alicyclic amines) is 1. The van der Waals surface area contributed by atoms with E-state index in [9.17, 15) is 0 Å². The molecule has 0 spiro atoms. The highest BCUT2D eigenvalue weighted by Crippen LogP contribution is 2.34. The second-order valence-electron chi connectivity index (χ2n) is 5.54. The van der Waals surface area contributed by atoms with Crippen molar-refractivity contribution in [2.24, 2.45) is 5.73 Å². The number of nitrogens with zero attached hydrogens (tertiary/aromatic N) is 1. The van der Waals surface area contributed by atoms with Gasteiger partial charge in [-0.1, -0.05) is 34.6 Å². The quantitative estimate of drug-likeness (QED) is 0.846. The molecule has 0 aromatic heterocycles. The summed E-state index contributed by atoms with van der Waals surface area (Å²) in [5, 5.41) is 0. The van der Waals surface area contributed by atoms with Gasteiger partial charge in [-0.25, -0.2) is 0 Å². The molecule has 1 fully saturated rings. The van der Waals surface area contributed by atoms with Crippen molar-refractivity contribution in [1.82, 2.24) is 4.90 Å². The zero-order valence-corrected chi connectivity index (χ0v) is 13.8. The average molecular weight is 355 g/mol. The Morgan fingerprint density at radius 3 is 3.10 bits per heavy atom. The highest BCUT2D eigenvalue weighted by molar-refractivity contribution is 9.10. The molecule has 1 saturated heterocycles. The van der Waals surface area contributed by atoms with Gasteiger partial charge >= 0.3 is 0 Å². The number of rotatable bonds is 3. The molecule has 1 atom stereocenters. The lowest BCUT2D eigenvalue weighted by molar-refractivity contribution is 0.182. The third-order valence-electron chi connectivity index (χ3n) is 4.14. The smallest absolute Gasteiger partial charge is 0.127 e. The predicted octanol–water partition coefficient (Wildman–Crippen LogP) is 3.02. The second-order valence-corrected chi connectivity index (χ2v) is 6.92. The molecule has 0 amide bonds. The van der Waals surface area contributed by atoms with E-state index in [0.717, 1.165) is 42.8 Å². The van der Waals surface area contributed by atoms with E-state index in [0.29, 0.717) is 4.99 Å². The molecular formula is C15H19BrN2OS. The topological polar surface area (TPSA) is 38.5 Å². The van der Waals surface area contributed by atoms with Gasteiger partial charge in [-0.05, 0) is 37.1 Å². The summed E-state index contributed by atoms with van der Waals surface area (Å²) in [5.41, 5.74) is 8.45. The lowest BCUT2D eigenvalue weighted by atomic mass is 10.00. The fourth-order valence-corrected chi connectivity index (χ4v) is 4.00. The van der Waals surface area contributed by atoms with Crippen LogP contribution in [-0.2, 0) is 13.0 Å². The van der Waals surface area contributed by atoms with Crippen LogP contribution in [0.2, 0.25) is 0 Å². The van der Waals surface area contributed by atoms with Crippen LogP contribution in [0.4, 0.5) is 0 Å². The number of thiocarbonyl (C=S) groups is 1. The Morgan fingerprint density at radius 2 is 2.30 bits per heavy atom. The van der Waals surface area contributed by atoms with Crippen LogP contribution in [0.3, 0.4) is 0 Å². The molecule has 0 aliphatic carbocycles. The van der Waals surface area contributed by atoms with E-state index in [-0.39, 0.29) is 6.04 Å². The zero-order chi connectivity index (χ0) is 14.1. The van der Waals surface area contributed by atoms with Gasteiger partial charge in [-0.3, -0.25) is 4.90 Å². The molecule has 1 aromatic rings. The Hall–Kier alpha value is -0.650. The van der Waals surface area contributed by atoms with Crippen molar-refractivity contribution in [3.05, 3.63) is 27.7 Å². The molecule has 2 heterocycles. The molecule has 0 radical (unpaired) electrons. The summed E-state index contributed by atoms with van der Waals surface area (Å²) in [6, 6.07) is 4.55. The molecule has 1 aromatic carbocycles. The van der Waals surface area contributed by atoms with Gasteiger partial charge in [0.05, 0.1) is 17.6 Å². The van der Waals surface area contributed by atoms with Gasteiger partial charge in [0.2, 0.25) is 0 Å².